The van der Waals surface area contributed by atoms with Crippen LogP contribution in [0.4, 0.5) is 28.8 Å². The number of aromatic nitrogens is 3. The molecule has 0 saturated carbocycles. The molecule has 10 nitrogen and oxygen atoms in total. The van der Waals surface area contributed by atoms with E-state index in [1.54, 1.807) is 62.7 Å². The second-order valence-electron chi connectivity index (χ2n) is 7.11. The highest BCUT2D eigenvalue weighted by molar-refractivity contribution is 6.00. The third-order valence-electron chi connectivity index (χ3n) is 4.91. The van der Waals surface area contributed by atoms with Crippen LogP contribution in [0.3, 0.4) is 0 Å². The molecule has 0 fully saturated rings. The number of amides is 2. The number of primary amides is 1. The minimum Gasteiger partial charge on any atom is -0.495 e. The van der Waals surface area contributed by atoms with Crippen LogP contribution in [0, 0.1) is 0 Å². The number of hydrogen-bond acceptors (Lipinski definition) is 7. The molecular weight excluding hydrogens is 422 g/mol. The quantitative estimate of drug-likeness (QED) is 0.276. The van der Waals surface area contributed by atoms with Gasteiger partial charge in [-0.05, 0) is 36.4 Å². The van der Waals surface area contributed by atoms with E-state index in [4.69, 9.17) is 10.5 Å². The predicted octanol–water partition coefficient (Wildman–Crippen LogP) is 3.90. The monoisotopic (exact) mass is 445 g/mol. The second-order valence-corrected chi connectivity index (χ2v) is 7.11. The number of methoxy groups -OCH3 is 1. The Morgan fingerprint density at radius 1 is 1.06 bits per heavy atom. The van der Waals surface area contributed by atoms with Crippen LogP contribution in [0.1, 0.15) is 23.7 Å². The number of benzene rings is 2. The Morgan fingerprint density at radius 3 is 2.64 bits per heavy atom. The molecule has 0 bridgehead atoms. The predicted molar refractivity (Wildman–Crippen MR) is 127 cm³/mol. The number of anilines is 5. The van der Waals surface area contributed by atoms with Gasteiger partial charge in [0.2, 0.25) is 11.9 Å². The Balaban J connectivity index is 1.71. The molecule has 2 heterocycles. The van der Waals surface area contributed by atoms with Crippen LogP contribution in [0.5, 0.6) is 5.75 Å². The summed E-state index contributed by atoms with van der Waals surface area (Å²) in [6.45, 7) is 1.78. The maximum Gasteiger partial charge on any atom is 0.250 e. The lowest BCUT2D eigenvalue weighted by Crippen LogP contribution is -2.13. The zero-order chi connectivity index (χ0) is 23.4. The van der Waals surface area contributed by atoms with Gasteiger partial charge in [0, 0.05) is 18.3 Å². The Kier molecular flexibility index (Phi) is 6.07. The van der Waals surface area contributed by atoms with Crippen LogP contribution in [0.15, 0.2) is 54.7 Å². The summed E-state index contributed by atoms with van der Waals surface area (Å²) in [6.07, 6.45) is 2.11. The van der Waals surface area contributed by atoms with Crippen LogP contribution in [0.2, 0.25) is 0 Å². The molecule has 168 valence electrons. The zero-order valence-corrected chi connectivity index (χ0v) is 18.1. The van der Waals surface area contributed by atoms with Crippen molar-refractivity contribution in [3.8, 4) is 5.75 Å². The smallest absolute Gasteiger partial charge is 0.250 e. The molecule has 0 aliphatic carbocycles. The lowest BCUT2D eigenvalue weighted by Gasteiger charge is -2.14. The van der Waals surface area contributed by atoms with Gasteiger partial charge < -0.3 is 31.4 Å². The average molecular weight is 445 g/mol. The minimum atomic E-state index is -0.550. The maximum absolute atomic E-state index is 11.8. The number of ether oxygens (including phenoxy) is 1. The Hall–Kier alpha value is -4.60. The van der Waals surface area contributed by atoms with Gasteiger partial charge in [0.1, 0.15) is 17.2 Å². The van der Waals surface area contributed by atoms with Crippen molar-refractivity contribution in [2.45, 2.75) is 13.3 Å². The van der Waals surface area contributed by atoms with Crippen LogP contribution >= 0.6 is 0 Å². The normalized spacial score (nSPS) is 10.6. The highest BCUT2D eigenvalue weighted by Crippen LogP contribution is 2.32. The van der Waals surface area contributed by atoms with Gasteiger partial charge in [-0.25, -0.2) is 0 Å². The molecule has 4 aromatic rings. The lowest BCUT2D eigenvalue weighted by atomic mass is 10.1. The molecule has 4 rings (SSSR count). The fraction of sp³-hybridized carbons (Fsp3) is 0.130. The largest absolute Gasteiger partial charge is 0.495 e. The number of aromatic amines is 1. The number of rotatable bonds is 8. The van der Waals surface area contributed by atoms with Gasteiger partial charge in [-0.3, -0.25) is 9.59 Å². The Bertz CT molecular complexity index is 1330. The third kappa shape index (κ3) is 4.69. The van der Waals surface area contributed by atoms with E-state index in [1.165, 1.54) is 0 Å². The van der Waals surface area contributed by atoms with Crippen LogP contribution in [-0.2, 0) is 4.79 Å². The number of H-pyrrole nitrogens is 1. The Labute approximate surface area is 189 Å². The Morgan fingerprint density at radius 2 is 1.88 bits per heavy atom. The van der Waals surface area contributed by atoms with Gasteiger partial charge in [0.05, 0.1) is 29.4 Å². The topological polar surface area (TPSA) is 147 Å². The molecule has 33 heavy (non-hydrogen) atoms. The van der Waals surface area contributed by atoms with Gasteiger partial charge in [-0.1, -0.05) is 19.1 Å². The molecule has 10 heteroatoms. The second kappa shape index (κ2) is 9.27. The van der Waals surface area contributed by atoms with Gasteiger partial charge in [-0.2, -0.15) is 9.97 Å². The van der Waals surface area contributed by atoms with E-state index < -0.39 is 5.91 Å². The lowest BCUT2D eigenvalue weighted by molar-refractivity contribution is -0.115. The van der Waals surface area contributed by atoms with Crippen LogP contribution < -0.4 is 26.4 Å². The van der Waals surface area contributed by atoms with E-state index in [0.29, 0.717) is 46.3 Å². The van der Waals surface area contributed by atoms with Crippen molar-refractivity contribution in [1.29, 1.82) is 0 Å². The van der Waals surface area contributed by atoms with Crippen molar-refractivity contribution in [3.63, 3.8) is 0 Å². The molecule has 2 aromatic heterocycles. The number of nitrogens with two attached hydrogens (primary N) is 1. The van der Waals surface area contributed by atoms with Crippen molar-refractivity contribution in [2.24, 2.45) is 5.73 Å². The third-order valence-corrected chi connectivity index (χ3v) is 4.91. The number of nitrogens with zero attached hydrogens (tertiary/aromatic N) is 2. The van der Waals surface area contributed by atoms with Crippen molar-refractivity contribution in [1.82, 2.24) is 15.0 Å². The molecule has 0 saturated heterocycles. The number of fused-ring (bicyclic) bond motifs is 1. The molecular formula is C23H23N7O3. The molecule has 2 aromatic carbocycles. The first kappa shape index (κ1) is 21.6. The van der Waals surface area contributed by atoms with Crippen molar-refractivity contribution in [2.75, 3.05) is 23.1 Å². The highest BCUT2D eigenvalue weighted by Gasteiger charge is 2.14. The summed E-state index contributed by atoms with van der Waals surface area (Å²) in [5, 5.41) is 9.88. The molecule has 0 radical (unpaired) electrons. The van der Waals surface area contributed by atoms with E-state index in [1.807, 2.05) is 6.07 Å². The molecule has 0 spiro atoms. The summed E-state index contributed by atoms with van der Waals surface area (Å²) in [5.41, 5.74) is 8.14. The first-order chi connectivity index (χ1) is 16.0. The van der Waals surface area contributed by atoms with E-state index >= 15 is 0 Å². The zero-order valence-electron chi connectivity index (χ0n) is 18.1. The summed E-state index contributed by atoms with van der Waals surface area (Å²) < 4.78 is 5.44. The van der Waals surface area contributed by atoms with Gasteiger partial charge in [-0.15, -0.1) is 0 Å². The summed E-state index contributed by atoms with van der Waals surface area (Å²) >= 11 is 0. The summed E-state index contributed by atoms with van der Waals surface area (Å²) in [6, 6.07) is 14.0. The fourth-order valence-electron chi connectivity index (χ4n) is 3.28. The number of carbonyl (C=O) groups is 2. The van der Waals surface area contributed by atoms with E-state index in [-0.39, 0.29) is 11.9 Å². The fourth-order valence-corrected chi connectivity index (χ4v) is 3.28. The van der Waals surface area contributed by atoms with Gasteiger partial charge >= 0.3 is 0 Å². The summed E-state index contributed by atoms with van der Waals surface area (Å²) in [5.74, 6) is 0.655. The highest BCUT2D eigenvalue weighted by atomic mass is 16.5. The van der Waals surface area contributed by atoms with E-state index in [9.17, 15) is 9.59 Å². The van der Waals surface area contributed by atoms with Crippen molar-refractivity contribution >= 4 is 51.7 Å². The van der Waals surface area contributed by atoms with Crippen LogP contribution in [-0.4, -0.2) is 33.9 Å². The average Bonchev–Trinajstić information content (AvgIpc) is 3.28. The number of hydrogen-bond donors (Lipinski definition) is 5. The standard InChI is InChI=1S/C23H23N7O3/c1-3-19(31)26-13-8-9-18(33-2)17(12-13)28-23-29-21-15(10-11-25-21)22(30-23)27-16-7-5-4-6-14(16)20(24)32/h4-12H,3H2,1-2H3,(H2,24,32)(H,26,31)(H3,25,27,28,29,30). The first-order valence-electron chi connectivity index (χ1n) is 10.2. The number of para-hydroxylation sites is 1. The molecule has 6 N–H and O–H groups in total. The number of nitrogens with one attached hydrogen (secondary N) is 4. The van der Waals surface area contributed by atoms with Crippen LogP contribution in [0.25, 0.3) is 11.0 Å². The SMILES string of the molecule is CCC(=O)Nc1ccc(OC)c(Nc2nc(Nc3ccccc3C(N)=O)c3cc[nH]c3n2)c1. The molecule has 0 unspecified atom stereocenters. The van der Waals surface area contributed by atoms with Gasteiger partial charge in [0.15, 0.2) is 0 Å². The number of carbonyl (C=O) groups excluding carboxylic acids is 2. The summed E-state index contributed by atoms with van der Waals surface area (Å²) in [4.78, 5) is 35.8. The summed E-state index contributed by atoms with van der Waals surface area (Å²) in [7, 11) is 1.55. The van der Waals surface area contributed by atoms with Crippen molar-refractivity contribution < 1.29 is 14.3 Å². The molecule has 0 aliphatic heterocycles. The van der Waals surface area contributed by atoms with E-state index in [0.717, 1.165) is 5.39 Å². The molecule has 0 atom stereocenters. The first-order valence-corrected chi connectivity index (χ1v) is 10.2. The molecule has 2 amide bonds. The van der Waals surface area contributed by atoms with Crippen molar-refractivity contribution in [3.05, 3.63) is 60.3 Å². The van der Waals surface area contributed by atoms with Gasteiger partial charge in [0.25, 0.3) is 5.91 Å². The maximum atomic E-state index is 11.8. The minimum absolute atomic E-state index is 0.102. The molecule has 0 aliphatic rings. The van der Waals surface area contributed by atoms with E-state index in [2.05, 4.69) is 30.9 Å².